The van der Waals surface area contributed by atoms with Gasteiger partial charge in [0.25, 0.3) is 0 Å². The molecule has 0 bridgehead atoms. The van der Waals surface area contributed by atoms with Crippen LogP contribution in [0.15, 0.2) is 57.7 Å². The largest absolute Gasteiger partial charge is 0.497 e. The van der Waals surface area contributed by atoms with E-state index < -0.39 is 5.76 Å². The lowest BCUT2D eigenvalue weighted by Crippen LogP contribution is -2.31. The molecule has 3 rings (SSSR count). The van der Waals surface area contributed by atoms with Crippen LogP contribution in [0, 0.1) is 0 Å². The Hall–Kier alpha value is -3.02. The van der Waals surface area contributed by atoms with Crippen molar-refractivity contribution in [3.05, 3.63) is 64.6 Å². The van der Waals surface area contributed by atoms with Crippen molar-refractivity contribution in [1.82, 2.24) is 9.47 Å². The summed E-state index contributed by atoms with van der Waals surface area (Å²) in [5.41, 5.74) is 2.28. The molecule has 0 unspecified atom stereocenters. The molecule has 0 radical (unpaired) electrons. The monoisotopic (exact) mass is 354 g/mol. The van der Waals surface area contributed by atoms with E-state index in [4.69, 9.17) is 9.15 Å². The summed E-state index contributed by atoms with van der Waals surface area (Å²) in [6.07, 6.45) is 0.243. The third kappa shape index (κ3) is 3.79. The number of aromatic nitrogens is 1. The lowest BCUT2D eigenvalue weighted by molar-refractivity contribution is -0.131. The molecule has 0 N–H and O–H groups in total. The molecule has 6 nitrogen and oxygen atoms in total. The zero-order chi connectivity index (χ0) is 18.5. The highest BCUT2D eigenvalue weighted by atomic mass is 16.5. The molecule has 1 heterocycles. The number of hydrogen-bond donors (Lipinski definition) is 0. The molecule has 0 aliphatic heterocycles. The molecule has 0 saturated carbocycles. The van der Waals surface area contributed by atoms with E-state index in [1.807, 2.05) is 49.4 Å². The molecule has 6 heteroatoms. The fourth-order valence-corrected chi connectivity index (χ4v) is 2.92. The zero-order valence-corrected chi connectivity index (χ0v) is 15.0. The first kappa shape index (κ1) is 17.8. The lowest BCUT2D eigenvalue weighted by atomic mass is 10.2. The molecule has 1 aromatic heterocycles. The van der Waals surface area contributed by atoms with Crippen LogP contribution in [0.4, 0.5) is 0 Å². The lowest BCUT2D eigenvalue weighted by Gasteiger charge is -2.21. The third-order valence-corrected chi connectivity index (χ3v) is 4.39. The summed E-state index contributed by atoms with van der Waals surface area (Å²) in [5.74, 6) is 0.354. The standard InChI is InChI=1S/C20H22N2O4/c1-3-21(14-15-8-10-16(25-2)11-9-15)19(23)12-13-22-17-6-4-5-7-18(17)26-20(22)24/h4-11H,3,12-14H2,1-2H3. The number of fused-ring (bicyclic) bond motifs is 1. The Labute approximate surface area is 151 Å². The minimum Gasteiger partial charge on any atom is -0.497 e. The number of carbonyl (C=O) groups excluding carboxylic acids is 1. The molecule has 1 amide bonds. The minimum atomic E-state index is -0.433. The average Bonchev–Trinajstić information content (AvgIpc) is 2.99. The smallest absolute Gasteiger partial charge is 0.419 e. The number of oxazole rings is 1. The van der Waals surface area contributed by atoms with Crippen LogP contribution in [0.25, 0.3) is 11.1 Å². The van der Waals surface area contributed by atoms with Gasteiger partial charge in [-0.25, -0.2) is 4.79 Å². The molecule has 0 saturated heterocycles. The number of aryl methyl sites for hydroxylation is 1. The van der Waals surface area contributed by atoms with Gasteiger partial charge in [0.05, 0.1) is 12.6 Å². The Morgan fingerprint density at radius 3 is 2.58 bits per heavy atom. The summed E-state index contributed by atoms with van der Waals surface area (Å²) in [4.78, 5) is 26.4. The summed E-state index contributed by atoms with van der Waals surface area (Å²) >= 11 is 0. The van der Waals surface area contributed by atoms with E-state index in [1.54, 1.807) is 18.1 Å². The second-order valence-electron chi connectivity index (χ2n) is 5.99. The maximum Gasteiger partial charge on any atom is 0.419 e. The highest BCUT2D eigenvalue weighted by molar-refractivity contribution is 5.77. The van der Waals surface area contributed by atoms with Crippen molar-refractivity contribution in [3.8, 4) is 5.75 Å². The Morgan fingerprint density at radius 1 is 1.15 bits per heavy atom. The number of ether oxygens (including phenoxy) is 1. The van der Waals surface area contributed by atoms with E-state index in [9.17, 15) is 9.59 Å². The first-order valence-electron chi connectivity index (χ1n) is 8.61. The molecular formula is C20H22N2O4. The second-order valence-corrected chi connectivity index (χ2v) is 5.99. The molecular weight excluding hydrogens is 332 g/mol. The van der Waals surface area contributed by atoms with Crippen LogP contribution in [0.2, 0.25) is 0 Å². The van der Waals surface area contributed by atoms with Crippen LogP contribution in [0.3, 0.4) is 0 Å². The predicted octanol–water partition coefficient (Wildman–Crippen LogP) is 3.04. The first-order chi connectivity index (χ1) is 12.6. The molecule has 0 atom stereocenters. The van der Waals surface area contributed by atoms with E-state index in [1.165, 1.54) is 4.57 Å². The molecule has 136 valence electrons. The summed E-state index contributed by atoms with van der Waals surface area (Å²) in [7, 11) is 1.62. The number of benzene rings is 2. The van der Waals surface area contributed by atoms with Gasteiger partial charge in [0.1, 0.15) is 5.75 Å². The van der Waals surface area contributed by atoms with E-state index in [2.05, 4.69) is 0 Å². The second kappa shape index (κ2) is 7.91. The Balaban J connectivity index is 1.67. The van der Waals surface area contributed by atoms with Gasteiger partial charge < -0.3 is 14.1 Å². The number of para-hydroxylation sites is 2. The Morgan fingerprint density at radius 2 is 1.88 bits per heavy atom. The minimum absolute atomic E-state index is 0.000462. The van der Waals surface area contributed by atoms with E-state index in [0.29, 0.717) is 30.7 Å². The molecule has 26 heavy (non-hydrogen) atoms. The van der Waals surface area contributed by atoms with Gasteiger partial charge in [0.2, 0.25) is 5.91 Å². The number of hydrogen-bond acceptors (Lipinski definition) is 4. The highest BCUT2D eigenvalue weighted by Crippen LogP contribution is 2.15. The van der Waals surface area contributed by atoms with Crippen molar-refractivity contribution in [2.75, 3.05) is 13.7 Å². The van der Waals surface area contributed by atoms with Crippen molar-refractivity contribution in [2.45, 2.75) is 26.4 Å². The van der Waals surface area contributed by atoms with Gasteiger partial charge in [-0.15, -0.1) is 0 Å². The Kier molecular flexibility index (Phi) is 5.41. The number of methoxy groups -OCH3 is 1. The van der Waals surface area contributed by atoms with Gasteiger partial charge >= 0.3 is 5.76 Å². The summed E-state index contributed by atoms with van der Waals surface area (Å²) in [5, 5.41) is 0. The van der Waals surface area contributed by atoms with Crippen LogP contribution in [0.5, 0.6) is 5.75 Å². The molecule has 0 aliphatic rings. The van der Waals surface area contributed by atoms with Crippen molar-refractivity contribution in [3.63, 3.8) is 0 Å². The van der Waals surface area contributed by atoms with Crippen LogP contribution in [-0.2, 0) is 17.9 Å². The predicted molar refractivity (Wildman–Crippen MR) is 99.2 cm³/mol. The topological polar surface area (TPSA) is 64.7 Å². The summed E-state index contributed by atoms with van der Waals surface area (Å²) in [6, 6.07) is 14.9. The van der Waals surface area contributed by atoms with Crippen molar-refractivity contribution < 1.29 is 13.9 Å². The van der Waals surface area contributed by atoms with Gasteiger partial charge in [-0.05, 0) is 36.8 Å². The van der Waals surface area contributed by atoms with Crippen molar-refractivity contribution in [1.29, 1.82) is 0 Å². The first-order valence-corrected chi connectivity index (χ1v) is 8.61. The van der Waals surface area contributed by atoms with Crippen LogP contribution >= 0.6 is 0 Å². The summed E-state index contributed by atoms with van der Waals surface area (Å²) in [6.45, 7) is 3.38. The quantitative estimate of drug-likeness (QED) is 0.654. The molecule has 2 aromatic carbocycles. The van der Waals surface area contributed by atoms with Gasteiger partial charge in [-0.2, -0.15) is 0 Å². The fourth-order valence-electron chi connectivity index (χ4n) is 2.92. The van der Waals surface area contributed by atoms with Crippen molar-refractivity contribution >= 4 is 17.0 Å². The zero-order valence-electron chi connectivity index (χ0n) is 15.0. The SMILES string of the molecule is CCN(Cc1ccc(OC)cc1)C(=O)CCn1c(=O)oc2ccccc21. The van der Waals surface area contributed by atoms with Gasteiger partial charge in [0, 0.05) is 26.1 Å². The van der Waals surface area contributed by atoms with Crippen LogP contribution in [-0.4, -0.2) is 29.0 Å². The maximum absolute atomic E-state index is 12.6. The number of rotatable bonds is 7. The van der Waals surface area contributed by atoms with E-state index in [0.717, 1.165) is 11.3 Å². The van der Waals surface area contributed by atoms with Gasteiger partial charge in [-0.3, -0.25) is 9.36 Å². The van der Waals surface area contributed by atoms with Crippen LogP contribution < -0.4 is 10.5 Å². The average molecular weight is 354 g/mol. The van der Waals surface area contributed by atoms with Crippen LogP contribution in [0.1, 0.15) is 18.9 Å². The fraction of sp³-hybridized carbons (Fsp3) is 0.300. The highest BCUT2D eigenvalue weighted by Gasteiger charge is 2.15. The number of carbonyl (C=O) groups is 1. The Bertz CT molecular complexity index is 940. The molecule has 3 aromatic rings. The van der Waals surface area contributed by atoms with E-state index in [-0.39, 0.29) is 12.3 Å². The molecule has 0 fully saturated rings. The number of amides is 1. The number of nitrogens with zero attached hydrogens (tertiary/aromatic N) is 2. The van der Waals surface area contributed by atoms with Gasteiger partial charge in [0.15, 0.2) is 5.58 Å². The summed E-state index contributed by atoms with van der Waals surface area (Å²) < 4.78 is 11.9. The third-order valence-electron chi connectivity index (χ3n) is 4.39. The maximum atomic E-state index is 12.6. The van der Waals surface area contributed by atoms with E-state index >= 15 is 0 Å². The van der Waals surface area contributed by atoms with Crippen molar-refractivity contribution in [2.24, 2.45) is 0 Å². The molecule has 0 spiro atoms. The van der Waals surface area contributed by atoms with Gasteiger partial charge in [-0.1, -0.05) is 24.3 Å². The molecule has 0 aliphatic carbocycles. The normalized spacial score (nSPS) is 10.8.